The van der Waals surface area contributed by atoms with E-state index in [9.17, 15) is 14.7 Å². The number of ether oxygens (including phenoxy) is 2. The molecule has 0 saturated carbocycles. The summed E-state index contributed by atoms with van der Waals surface area (Å²) in [6, 6.07) is 3.98. The molecule has 2 rings (SSSR count). The van der Waals surface area contributed by atoms with Crippen LogP contribution < -0.4 is 14.8 Å². The number of carbonyl (C=O) groups is 2. The first-order chi connectivity index (χ1) is 11.3. The van der Waals surface area contributed by atoms with Gasteiger partial charge in [-0.25, -0.2) is 4.79 Å². The second-order valence-corrected chi connectivity index (χ2v) is 7.18. The van der Waals surface area contributed by atoms with Crippen LogP contribution >= 0.6 is 0 Å². The standard InChI is InChI=1S/C18H25NO5/c1-18(2,3)8-7-13(17(21)22)19-16(20)12-5-6-14-15(11-12)24-10-4-9-23-14/h5-6,11,13H,4,7-10H2,1-3H3,(H,19,20)(H,21,22). The SMILES string of the molecule is CC(C)(C)CCC(NC(=O)c1ccc2c(c1)OCCCO2)C(=O)O. The van der Waals surface area contributed by atoms with E-state index in [1.54, 1.807) is 18.2 Å². The maximum atomic E-state index is 12.4. The monoisotopic (exact) mass is 335 g/mol. The molecule has 1 unspecified atom stereocenters. The summed E-state index contributed by atoms with van der Waals surface area (Å²) in [5, 5.41) is 11.9. The molecule has 0 fully saturated rings. The van der Waals surface area contributed by atoms with E-state index in [1.165, 1.54) is 0 Å². The molecular formula is C18H25NO5. The second-order valence-electron chi connectivity index (χ2n) is 7.18. The van der Waals surface area contributed by atoms with E-state index < -0.39 is 17.9 Å². The van der Waals surface area contributed by atoms with Gasteiger partial charge in [-0.15, -0.1) is 0 Å². The minimum Gasteiger partial charge on any atom is -0.490 e. The lowest BCUT2D eigenvalue weighted by molar-refractivity contribution is -0.139. The van der Waals surface area contributed by atoms with Crippen molar-refractivity contribution in [3.05, 3.63) is 23.8 Å². The van der Waals surface area contributed by atoms with E-state index >= 15 is 0 Å². The number of hydrogen-bond donors (Lipinski definition) is 2. The van der Waals surface area contributed by atoms with Crippen molar-refractivity contribution in [2.75, 3.05) is 13.2 Å². The number of aliphatic carboxylic acids is 1. The molecule has 0 aromatic heterocycles. The predicted molar refractivity (Wildman–Crippen MR) is 89.6 cm³/mol. The van der Waals surface area contributed by atoms with E-state index in [0.29, 0.717) is 43.1 Å². The molecule has 1 aromatic carbocycles. The van der Waals surface area contributed by atoms with Crippen molar-refractivity contribution in [1.82, 2.24) is 5.32 Å². The van der Waals surface area contributed by atoms with E-state index in [2.05, 4.69) is 5.32 Å². The molecule has 132 valence electrons. The molecule has 1 atom stereocenters. The molecule has 0 spiro atoms. The number of nitrogens with one attached hydrogen (secondary N) is 1. The van der Waals surface area contributed by atoms with E-state index in [-0.39, 0.29) is 5.41 Å². The van der Waals surface area contributed by atoms with Gasteiger partial charge in [0.2, 0.25) is 0 Å². The molecule has 0 radical (unpaired) electrons. The largest absolute Gasteiger partial charge is 0.490 e. The second kappa shape index (κ2) is 7.55. The van der Waals surface area contributed by atoms with Gasteiger partial charge in [-0.2, -0.15) is 0 Å². The predicted octanol–water partition coefficient (Wildman–Crippen LogP) is 2.86. The Morgan fingerprint density at radius 2 is 1.88 bits per heavy atom. The summed E-state index contributed by atoms with van der Waals surface area (Å²) in [6.45, 7) is 7.22. The lowest BCUT2D eigenvalue weighted by atomic mass is 9.88. The highest BCUT2D eigenvalue weighted by atomic mass is 16.5. The van der Waals surface area contributed by atoms with Gasteiger partial charge < -0.3 is 19.9 Å². The molecule has 1 aliphatic rings. The average molecular weight is 335 g/mol. The molecule has 6 heteroatoms. The first kappa shape index (κ1) is 18.1. The highest BCUT2D eigenvalue weighted by Gasteiger charge is 2.24. The van der Waals surface area contributed by atoms with Crippen LogP contribution in [0.4, 0.5) is 0 Å². The third kappa shape index (κ3) is 5.15. The van der Waals surface area contributed by atoms with Crippen molar-refractivity contribution in [3.8, 4) is 11.5 Å². The van der Waals surface area contributed by atoms with Crippen LogP contribution in [0.3, 0.4) is 0 Å². The number of carboxylic acids is 1. The molecule has 1 aliphatic heterocycles. The molecule has 0 aliphatic carbocycles. The van der Waals surface area contributed by atoms with E-state index in [1.807, 2.05) is 20.8 Å². The normalized spacial score (nSPS) is 15.3. The van der Waals surface area contributed by atoms with Crippen LogP contribution in [0.5, 0.6) is 11.5 Å². The van der Waals surface area contributed by atoms with Crippen molar-refractivity contribution in [2.24, 2.45) is 5.41 Å². The summed E-state index contributed by atoms with van der Waals surface area (Å²) in [5.74, 6) is -0.331. The smallest absolute Gasteiger partial charge is 0.326 e. The fraction of sp³-hybridized carbons (Fsp3) is 0.556. The molecule has 24 heavy (non-hydrogen) atoms. The third-order valence-corrected chi connectivity index (χ3v) is 3.80. The summed E-state index contributed by atoms with van der Waals surface area (Å²) in [6.07, 6.45) is 1.87. The minimum absolute atomic E-state index is 0.00762. The van der Waals surface area contributed by atoms with Crippen molar-refractivity contribution < 1.29 is 24.2 Å². The number of carboxylic acid groups (broad SMARTS) is 1. The number of carbonyl (C=O) groups excluding carboxylic acids is 1. The van der Waals surface area contributed by atoms with E-state index in [4.69, 9.17) is 9.47 Å². The maximum absolute atomic E-state index is 12.4. The number of fused-ring (bicyclic) bond motifs is 1. The fourth-order valence-electron chi connectivity index (χ4n) is 2.38. The Bertz CT molecular complexity index is 606. The first-order valence-corrected chi connectivity index (χ1v) is 8.19. The number of benzene rings is 1. The van der Waals surface area contributed by atoms with Gasteiger partial charge in [0.1, 0.15) is 6.04 Å². The minimum atomic E-state index is -1.03. The zero-order valence-corrected chi connectivity index (χ0v) is 14.4. The molecule has 1 heterocycles. The van der Waals surface area contributed by atoms with Crippen LogP contribution in [0, 0.1) is 5.41 Å². The van der Waals surface area contributed by atoms with Gasteiger partial charge >= 0.3 is 5.97 Å². The van der Waals surface area contributed by atoms with Crippen LogP contribution in [0.1, 0.15) is 50.4 Å². The lowest BCUT2D eigenvalue weighted by Gasteiger charge is -2.21. The zero-order valence-electron chi connectivity index (χ0n) is 14.4. The highest BCUT2D eigenvalue weighted by Crippen LogP contribution is 2.30. The van der Waals surface area contributed by atoms with Gasteiger partial charge in [0.15, 0.2) is 11.5 Å². The molecule has 1 aromatic rings. The number of rotatable bonds is 5. The van der Waals surface area contributed by atoms with Crippen LogP contribution in [-0.4, -0.2) is 36.2 Å². The summed E-state index contributed by atoms with van der Waals surface area (Å²) >= 11 is 0. The Kier molecular flexibility index (Phi) is 5.70. The Balaban J connectivity index is 2.07. The van der Waals surface area contributed by atoms with Crippen LogP contribution in [0.2, 0.25) is 0 Å². The van der Waals surface area contributed by atoms with Crippen molar-refractivity contribution in [3.63, 3.8) is 0 Å². The zero-order chi connectivity index (χ0) is 17.7. The van der Waals surface area contributed by atoms with E-state index in [0.717, 1.165) is 6.42 Å². The Morgan fingerprint density at radius 3 is 2.50 bits per heavy atom. The van der Waals surface area contributed by atoms with Crippen LogP contribution in [-0.2, 0) is 4.79 Å². The molecule has 2 N–H and O–H groups in total. The number of hydrogen-bond acceptors (Lipinski definition) is 4. The molecule has 1 amide bonds. The van der Waals surface area contributed by atoms with Gasteiger partial charge in [0, 0.05) is 12.0 Å². The molecule has 6 nitrogen and oxygen atoms in total. The average Bonchev–Trinajstić information content (AvgIpc) is 2.74. The summed E-state index contributed by atoms with van der Waals surface area (Å²) in [7, 11) is 0. The van der Waals surface area contributed by atoms with Gasteiger partial charge in [-0.1, -0.05) is 20.8 Å². The van der Waals surface area contributed by atoms with Crippen LogP contribution in [0.15, 0.2) is 18.2 Å². The fourth-order valence-corrected chi connectivity index (χ4v) is 2.38. The lowest BCUT2D eigenvalue weighted by Crippen LogP contribution is -2.41. The molecule has 0 saturated heterocycles. The Morgan fingerprint density at radius 1 is 1.21 bits per heavy atom. The van der Waals surface area contributed by atoms with Crippen molar-refractivity contribution in [1.29, 1.82) is 0 Å². The summed E-state index contributed by atoms with van der Waals surface area (Å²) < 4.78 is 11.1. The highest BCUT2D eigenvalue weighted by molar-refractivity contribution is 5.97. The Hall–Kier alpha value is -2.24. The third-order valence-electron chi connectivity index (χ3n) is 3.80. The quantitative estimate of drug-likeness (QED) is 0.864. The summed E-state index contributed by atoms with van der Waals surface area (Å²) in [4.78, 5) is 23.8. The Labute approximate surface area is 142 Å². The van der Waals surface area contributed by atoms with Crippen molar-refractivity contribution in [2.45, 2.75) is 46.1 Å². The molecule has 0 bridgehead atoms. The topological polar surface area (TPSA) is 84.9 Å². The molecular weight excluding hydrogens is 310 g/mol. The number of amides is 1. The van der Waals surface area contributed by atoms with Crippen LogP contribution in [0.25, 0.3) is 0 Å². The summed E-state index contributed by atoms with van der Waals surface area (Å²) in [5.41, 5.74) is 0.370. The first-order valence-electron chi connectivity index (χ1n) is 8.19. The van der Waals surface area contributed by atoms with Crippen molar-refractivity contribution >= 4 is 11.9 Å². The maximum Gasteiger partial charge on any atom is 0.326 e. The van der Waals surface area contributed by atoms with Gasteiger partial charge in [0.25, 0.3) is 5.91 Å². The van der Waals surface area contributed by atoms with Gasteiger partial charge in [-0.3, -0.25) is 4.79 Å². The van der Waals surface area contributed by atoms with Gasteiger partial charge in [0.05, 0.1) is 13.2 Å². The van der Waals surface area contributed by atoms with Gasteiger partial charge in [-0.05, 0) is 36.5 Å².